The van der Waals surface area contributed by atoms with E-state index < -0.39 is 11.6 Å². The minimum atomic E-state index is -0.855. The number of rotatable bonds is 5. The Kier molecular flexibility index (Phi) is 5.82. The first-order chi connectivity index (χ1) is 13.1. The van der Waals surface area contributed by atoms with Crippen LogP contribution in [0.3, 0.4) is 0 Å². The maximum Gasteiger partial charge on any atom is 0.244 e. The zero-order valence-corrected chi connectivity index (χ0v) is 14.7. The summed E-state index contributed by atoms with van der Waals surface area (Å²) in [5.74, 6) is -1.70. The zero-order chi connectivity index (χ0) is 19.2. The van der Waals surface area contributed by atoms with Gasteiger partial charge in [0.25, 0.3) is 0 Å². The maximum absolute atomic E-state index is 13.4. The number of halogens is 2. The van der Waals surface area contributed by atoms with E-state index in [1.807, 2.05) is 11.0 Å². The first-order valence-corrected chi connectivity index (χ1v) is 8.72. The highest BCUT2D eigenvalue weighted by atomic mass is 19.2. The molecule has 1 aliphatic rings. The van der Waals surface area contributed by atoms with Gasteiger partial charge in [-0.3, -0.25) is 4.79 Å². The molecule has 0 spiro atoms. The Morgan fingerprint density at radius 1 is 1.26 bits per heavy atom. The fourth-order valence-electron chi connectivity index (χ4n) is 3.13. The van der Waals surface area contributed by atoms with E-state index in [0.29, 0.717) is 29.9 Å². The van der Waals surface area contributed by atoms with E-state index in [1.54, 1.807) is 30.3 Å². The molecule has 0 bridgehead atoms. The van der Waals surface area contributed by atoms with Gasteiger partial charge in [0.05, 0.1) is 11.6 Å². The molecule has 3 rings (SSSR count). The Morgan fingerprint density at radius 3 is 2.85 bits per heavy atom. The number of nitriles is 1. The van der Waals surface area contributed by atoms with Crippen LogP contribution in [-0.2, 0) is 4.79 Å². The van der Waals surface area contributed by atoms with Crippen molar-refractivity contribution in [3.05, 3.63) is 71.3 Å². The average Bonchev–Trinajstić information content (AvgIpc) is 3.16. The van der Waals surface area contributed by atoms with Crippen LogP contribution in [0.15, 0.2) is 48.5 Å². The minimum Gasteiger partial charge on any atom is -0.371 e. The first-order valence-electron chi connectivity index (χ1n) is 8.72. The van der Waals surface area contributed by atoms with Crippen LogP contribution in [-0.4, -0.2) is 25.5 Å². The number of benzene rings is 2. The summed E-state index contributed by atoms with van der Waals surface area (Å²) in [5, 5.41) is 11.9. The van der Waals surface area contributed by atoms with Crippen molar-refractivity contribution in [3.8, 4) is 6.07 Å². The lowest BCUT2D eigenvalue weighted by atomic mass is 10.1. The van der Waals surface area contributed by atoms with E-state index in [2.05, 4.69) is 11.4 Å². The molecule has 0 saturated carbocycles. The number of carbonyl (C=O) groups is 1. The second-order valence-electron chi connectivity index (χ2n) is 6.48. The van der Waals surface area contributed by atoms with Crippen LogP contribution in [0.1, 0.15) is 17.5 Å². The van der Waals surface area contributed by atoms with Gasteiger partial charge in [-0.15, -0.1) is 0 Å². The number of nitrogens with one attached hydrogen (secondary N) is 1. The van der Waals surface area contributed by atoms with E-state index in [9.17, 15) is 13.6 Å². The SMILES string of the molecule is N#Cc1ccccc1/C=C/C(=O)NCC1CCN(c2ccc(F)c(F)c2)C1. The summed E-state index contributed by atoms with van der Waals surface area (Å²) in [6, 6.07) is 13.0. The summed E-state index contributed by atoms with van der Waals surface area (Å²) in [5.41, 5.74) is 1.86. The first kappa shape index (κ1) is 18.6. The minimum absolute atomic E-state index is 0.228. The quantitative estimate of drug-likeness (QED) is 0.823. The van der Waals surface area contributed by atoms with Crippen LogP contribution in [0.5, 0.6) is 0 Å². The highest BCUT2D eigenvalue weighted by Crippen LogP contribution is 2.25. The van der Waals surface area contributed by atoms with Crippen LogP contribution >= 0.6 is 0 Å². The second kappa shape index (κ2) is 8.45. The van der Waals surface area contributed by atoms with Crippen molar-refractivity contribution >= 4 is 17.7 Å². The van der Waals surface area contributed by atoms with Crippen molar-refractivity contribution in [2.75, 3.05) is 24.5 Å². The van der Waals surface area contributed by atoms with Crippen molar-refractivity contribution in [1.82, 2.24) is 5.32 Å². The molecule has 0 radical (unpaired) electrons. The lowest BCUT2D eigenvalue weighted by Gasteiger charge is -2.19. The van der Waals surface area contributed by atoms with E-state index in [-0.39, 0.29) is 11.8 Å². The summed E-state index contributed by atoms with van der Waals surface area (Å²) in [6.07, 6.45) is 3.90. The van der Waals surface area contributed by atoms with E-state index in [1.165, 1.54) is 12.1 Å². The van der Waals surface area contributed by atoms with Crippen LogP contribution < -0.4 is 10.2 Å². The molecule has 0 aliphatic carbocycles. The van der Waals surface area contributed by atoms with Crippen LogP contribution in [0.25, 0.3) is 6.08 Å². The number of hydrogen-bond donors (Lipinski definition) is 1. The van der Waals surface area contributed by atoms with Gasteiger partial charge in [-0.1, -0.05) is 18.2 Å². The van der Waals surface area contributed by atoms with Crippen molar-refractivity contribution in [2.24, 2.45) is 5.92 Å². The molecule has 1 fully saturated rings. The summed E-state index contributed by atoms with van der Waals surface area (Å²) in [6.45, 7) is 1.91. The van der Waals surface area contributed by atoms with E-state index in [4.69, 9.17) is 5.26 Å². The molecule has 1 saturated heterocycles. The number of amides is 1. The molecule has 1 aliphatic heterocycles. The molecular formula is C21H19F2N3O. The largest absolute Gasteiger partial charge is 0.371 e. The highest BCUT2D eigenvalue weighted by molar-refractivity contribution is 5.92. The second-order valence-corrected chi connectivity index (χ2v) is 6.48. The Morgan fingerprint density at radius 2 is 2.07 bits per heavy atom. The summed E-state index contributed by atoms with van der Waals surface area (Å²) < 4.78 is 26.4. The Bertz CT molecular complexity index is 905. The van der Waals surface area contributed by atoms with Gasteiger partial charge in [0.2, 0.25) is 5.91 Å². The molecule has 1 atom stereocenters. The third-order valence-corrected chi connectivity index (χ3v) is 4.61. The topological polar surface area (TPSA) is 56.1 Å². The van der Waals surface area contributed by atoms with Gasteiger partial charge in [-0.05, 0) is 42.2 Å². The van der Waals surface area contributed by atoms with Gasteiger partial charge >= 0.3 is 0 Å². The maximum atomic E-state index is 13.4. The monoisotopic (exact) mass is 367 g/mol. The van der Waals surface area contributed by atoms with Gasteiger partial charge in [-0.25, -0.2) is 8.78 Å². The van der Waals surface area contributed by atoms with E-state index in [0.717, 1.165) is 19.0 Å². The number of anilines is 1. The van der Waals surface area contributed by atoms with Crippen LogP contribution in [0, 0.1) is 28.9 Å². The molecule has 1 unspecified atom stereocenters. The van der Waals surface area contributed by atoms with Gasteiger partial charge in [0.1, 0.15) is 0 Å². The van der Waals surface area contributed by atoms with Crippen LogP contribution in [0.4, 0.5) is 14.5 Å². The van der Waals surface area contributed by atoms with Gasteiger partial charge in [0, 0.05) is 37.5 Å². The molecule has 1 N–H and O–H groups in total. The smallest absolute Gasteiger partial charge is 0.244 e. The highest BCUT2D eigenvalue weighted by Gasteiger charge is 2.23. The molecule has 4 nitrogen and oxygen atoms in total. The summed E-state index contributed by atoms with van der Waals surface area (Å²) >= 11 is 0. The normalized spacial score (nSPS) is 16.5. The molecule has 138 valence electrons. The Balaban J connectivity index is 1.50. The zero-order valence-electron chi connectivity index (χ0n) is 14.7. The molecule has 1 heterocycles. The van der Waals surface area contributed by atoms with Gasteiger partial charge in [-0.2, -0.15) is 5.26 Å². The standard InChI is InChI=1S/C21H19F2N3O/c22-19-7-6-18(11-20(19)23)26-10-9-15(14-26)13-25-21(27)8-5-16-3-1-2-4-17(16)12-24/h1-8,11,15H,9-10,13-14H2,(H,25,27)/b8-5+. The lowest BCUT2D eigenvalue weighted by molar-refractivity contribution is -0.116. The van der Waals surface area contributed by atoms with Crippen molar-refractivity contribution in [1.29, 1.82) is 5.26 Å². The van der Waals surface area contributed by atoms with Crippen molar-refractivity contribution in [3.63, 3.8) is 0 Å². The number of hydrogen-bond acceptors (Lipinski definition) is 3. The number of carbonyl (C=O) groups excluding carboxylic acids is 1. The lowest BCUT2D eigenvalue weighted by Crippen LogP contribution is -2.29. The predicted molar refractivity (Wildman–Crippen MR) is 99.9 cm³/mol. The van der Waals surface area contributed by atoms with Crippen molar-refractivity contribution in [2.45, 2.75) is 6.42 Å². The molecular weight excluding hydrogens is 348 g/mol. The van der Waals surface area contributed by atoms with Crippen molar-refractivity contribution < 1.29 is 13.6 Å². The predicted octanol–water partition coefficient (Wildman–Crippen LogP) is 3.49. The molecule has 1 amide bonds. The fourth-order valence-corrected chi connectivity index (χ4v) is 3.13. The molecule has 6 heteroatoms. The average molecular weight is 367 g/mol. The third-order valence-electron chi connectivity index (χ3n) is 4.61. The summed E-state index contributed by atoms with van der Waals surface area (Å²) in [7, 11) is 0. The van der Waals surface area contributed by atoms with Gasteiger partial charge < -0.3 is 10.2 Å². The molecule has 2 aromatic rings. The molecule has 0 aromatic heterocycles. The fraction of sp³-hybridized carbons (Fsp3) is 0.238. The molecule has 27 heavy (non-hydrogen) atoms. The van der Waals surface area contributed by atoms with Gasteiger partial charge in [0.15, 0.2) is 11.6 Å². The Labute approximate surface area is 156 Å². The number of nitrogens with zero attached hydrogens (tertiary/aromatic N) is 2. The molecule has 2 aromatic carbocycles. The summed E-state index contributed by atoms with van der Waals surface area (Å²) in [4.78, 5) is 14.0. The van der Waals surface area contributed by atoms with Crippen LogP contribution in [0.2, 0.25) is 0 Å². The third kappa shape index (κ3) is 4.70. The van der Waals surface area contributed by atoms with E-state index >= 15 is 0 Å². The Hall–Kier alpha value is -3.20.